The Morgan fingerprint density at radius 1 is 1.25 bits per heavy atom. The van der Waals surface area contributed by atoms with Crippen LogP contribution in [0.15, 0.2) is 30.3 Å². The van der Waals surface area contributed by atoms with Crippen LogP contribution in [0.4, 0.5) is 10.5 Å². The first-order valence-corrected chi connectivity index (χ1v) is 6.91. The van der Waals surface area contributed by atoms with Gasteiger partial charge in [0.2, 0.25) is 3.79 Å². The lowest BCUT2D eigenvalue weighted by Crippen LogP contribution is -2.56. The van der Waals surface area contributed by atoms with Crippen LogP contribution in [-0.2, 0) is 4.74 Å². The van der Waals surface area contributed by atoms with E-state index in [1.807, 2.05) is 30.3 Å². The summed E-state index contributed by atoms with van der Waals surface area (Å²) in [5.41, 5.74) is 0.756. The number of carbonyl (C=O) groups excluding carboxylic acids is 1. The molecule has 1 rings (SSSR count). The van der Waals surface area contributed by atoms with Gasteiger partial charge in [-0.05, 0) is 24.4 Å². The maximum atomic E-state index is 11.2. The smallest absolute Gasteiger partial charge is 0.408 e. The molecule has 1 aromatic carbocycles. The number of anilines is 1. The number of hydrogen-bond donors (Lipinski definition) is 3. The van der Waals surface area contributed by atoms with Crippen LogP contribution in [0.25, 0.3) is 0 Å². The predicted molar refractivity (Wildman–Crippen MR) is 85.4 cm³/mol. The zero-order valence-corrected chi connectivity index (χ0v) is 13.4. The maximum Gasteiger partial charge on any atom is 0.408 e. The second-order valence-electron chi connectivity index (χ2n) is 3.58. The zero-order valence-electron chi connectivity index (χ0n) is 10.3. The molecule has 1 atom stereocenters. The normalized spacial score (nSPS) is 12.2. The minimum atomic E-state index is -1.81. The minimum absolute atomic E-state index is 0.184. The topological polar surface area (TPSA) is 62.4 Å². The highest BCUT2D eigenvalue weighted by molar-refractivity contribution is 7.80. The van der Waals surface area contributed by atoms with Crippen molar-refractivity contribution in [1.82, 2.24) is 10.6 Å². The number of rotatable bonds is 3. The molecular formula is C11H12Cl3N3O2S. The Balaban J connectivity index is 2.65. The minimum Gasteiger partial charge on any atom is -0.453 e. The van der Waals surface area contributed by atoms with E-state index in [4.69, 9.17) is 47.0 Å². The number of thiocarbonyl (C=S) groups is 1. The second-order valence-corrected chi connectivity index (χ2v) is 6.35. The lowest BCUT2D eigenvalue weighted by molar-refractivity contribution is 0.166. The molecule has 0 aliphatic carbocycles. The standard InChI is InChI=1S/C11H12Cl3N3O2S/c1-19-10(18)17-8(11(12,13)14)16-9(20)15-7-5-3-2-4-6-7/h2-6,8H,1H3,(H,17,18)(H2,15,16,20)/t8-/m1/s1. The number of methoxy groups -OCH3 is 1. The van der Waals surface area contributed by atoms with Crippen LogP contribution < -0.4 is 16.0 Å². The Labute approximate surface area is 136 Å². The van der Waals surface area contributed by atoms with Crippen molar-refractivity contribution in [3.63, 3.8) is 0 Å². The van der Waals surface area contributed by atoms with Crippen LogP contribution in [0.1, 0.15) is 0 Å². The number of hydrogen-bond acceptors (Lipinski definition) is 3. The first kappa shape index (κ1) is 17.1. The Kier molecular flexibility index (Phi) is 6.61. The highest BCUT2D eigenvalue weighted by atomic mass is 35.6. The third-order valence-electron chi connectivity index (χ3n) is 2.08. The SMILES string of the molecule is COC(=O)N[C@@H](NC(=S)Nc1ccccc1)C(Cl)(Cl)Cl. The lowest BCUT2D eigenvalue weighted by atomic mass is 10.3. The van der Waals surface area contributed by atoms with Crippen LogP contribution in [-0.4, -0.2) is 28.3 Å². The van der Waals surface area contributed by atoms with Gasteiger partial charge < -0.3 is 15.4 Å². The first-order valence-electron chi connectivity index (χ1n) is 5.36. The molecule has 0 bridgehead atoms. The number of benzene rings is 1. The molecule has 1 amide bonds. The number of amides is 1. The molecule has 0 aliphatic heterocycles. The summed E-state index contributed by atoms with van der Waals surface area (Å²) < 4.78 is 2.64. The molecular weight excluding hydrogens is 345 g/mol. The second kappa shape index (κ2) is 7.73. The Bertz CT molecular complexity index is 468. The fourth-order valence-corrected chi connectivity index (χ4v) is 1.76. The van der Waals surface area contributed by atoms with E-state index in [2.05, 4.69) is 20.7 Å². The number of carbonyl (C=O) groups is 1. The lowest BCUT2D eigenvalue weighted by Gasteiger charge is -2.27. The fraction of sp³-hybridized carbons (Fsp3) is 0.273. The summed E-state index contributed by atoms with van der Waals surface area (Å²) in [5, 5.41) is 8.08. The molecule has 0 spiro atoms. The third-order valence-corrected chi connectivity index (χ3v) is 2.96. The van der Waals surface area contributed by atoms with E-state index < -0.39 is 16.1 Å². The number of alkyl halides is 3. The van der Waals surface area contributed by atoms with Crippen LogP contribution in [0.3, 0.4) is 0 Å². The van der Waals surface area contributed by atoms with Gasteiger partial charge in [-0.25, -0.2) is 4.79 Å². The Hall–Kier alpha value is -0.950. The zero-order chi connectivity index (χ0) is 15.2. The highest BCUT2D eigenvalue weighted by Gasteiger charge is 2.34. The van der Waals surface area contributed by atoms with Gasteiger partial charge in [0, 0.05) is 5.69 Å². The van der Waals surface area contributed by atoms with Gasteiger partial charge in [-0.1, -0.05) is 53.0 Å². The van der Waals surface area contributed by atoms with E-state index in [-0.39, 0.29) is 5.11 Å². The molecule has 0 saturated heterocycles. The van der Waals surface area contributed by atoms with Gasteiger partial charge in [0.1, 0.15) is 0 Å². The molecule has 1 aromatic rings. The summed E-state index contributed by atoms with van der Waals surface area (Å²) in [6.07, 6.45) is -1.81. The van der Waals surface area contributed by atoms with E-state index in [0.29, 0.717) is 0 Å². The van der Waals surface area contributed by atoms with E-state index in [1.165, 1.54) is 7.11 Å². The van der Waals surface area contributed by atoms with Gasteiger partial charge in [-0.2, -0.15) is 0 Å². The van der Waals surface area contributed by atoms with E-state index >= 15 is 0 Å². The number of halogens is 3. The molecule has 0 unspecified atom stereocenters. The van der Waals surface area contributed by atoms with Gasteiger partial charge >= 0.3 is 6.09 Å². The number of alkyl carbamates (subject to hydrolysis) is 1. The van der Waals surface area contributed by atoms with Crippen molar-refractivity contribution in [3.8, 4) is 0 Å². The van der Waals surface area contributed by atoms with Crippen molar-refractivity contribution in [2.24, 2.45) is 0 Å². The van der Waals surface area contributed by atoms with Gasteiger partial charge in [-0.3, -0.25) is 5.32 Å². The summed E-state index contributed by atoms with van der Waals surface area (Å²) in [5.74, 6) is 0. The van der Waals surface area contributed by atoms with Crippen LogP contribution >= 0.6 is 47.0 Å². The molecule has 0 radical (unpaired) electrons. The largest absolute Gasteiger partial charge is 0.453 e. The van der Waals surface area contributed by atoms with Crippen molar-refractivity contribution in [2.45, 2.75) is 9.96 Å². The van der Waals surface area contributed by atoms with Crippen molar-refractivity contribution in [2.75, 3.05) is 12.4 Å². The van der Waals surface area contributed by atoms with E-state index in [0.717, 1.165) is 5.69 Å². The Morgan fingerprint density at radius 2 is 1.85 bits per heavy atom. The summed E-state index contributed by atoms with van der Waals surface area (Å²) >= 11 is 22.4. The summed E-state index contributed by atoms with van der Waals surface area (Å²) in [4.78, 5) is 11.2. The van der Waals surface area contributed by atoms with Gasteiger partial charge in [0.05, 0.1) is 7.11 Å². The monoisotopic (exact) mass is 355 g/mol. The number of nitrogens with one attached hydrogen (secondary N) is 3. The molecule has 3 N–H and O–H groups in total. The third kappa shape index (κ3) is 6.00. The van der Waals surface area contributed by atoms with Gasteiger partial charge in [0.15, 0.2) is 11.3 Å². The summed E-state index contributed by atoms with van der Waals surface area (Å²) in [7, 11) is 1.20. The van der Waals surface area contributed by atoms with Gasteiger partial charge in [0.25, 0.3) is 0 Å². The molecule has 0 fully saturated rings. The summed E-state index contributed by atoms with van der Waals surface area (Å²) in [6.45, 7) is 0. The molecule has 5 nitrogen and oxygen atoms in total. The average Bonchev–Trinajstić information content (AvgIpc) is 2.37. The van der Waals surface area contributed by atoms with Crippen molar-refractivity contribution in [1.29, 1.82) is 0 Å². The molecule has 0 heterocycles. The highest BCUT2D eigenvalue weighted by Crippen LogP contribution is 2.29. The molecule has 9 heteroatoms. The summed E-state index contributed by atoms with van der Waals surface area (Å²) in [6, 6.07) is 9.16. The first-order chi connectivity index (χ1) is 9.32. The predicted octanol–water partition coefficient (Wildman–Crippen LogP) is 3.03. The molecule has 0 aromatic heterocycles. The van der Waals surface area contributed by atoms with Crippen molar-refractivity contribution < 1.29 is 9.53 Å². The fourth-order valence-electron chi connectivity index (χ4n) is 1.20. The van der Waals surface area contributed by atoms with Crippen molar-refractivity contribution >= 4 is 63.9 Å². The van der Waals surface area contributed by atoms with E-state index in [9.17, 15) is 4.79 Å². The molecule has 0 saturated carbocycles. The average molecular weight is 357 g/mol. The van der Waals surface area contributed by atoms with Crippen molar-refractivity contribution in [3.05, 3.63) is 30.3 Å². The molecule has 0 aliphatic rings. The maximum absolute atomic E-state index is 11.2. The molecule has 110 valence electrons. The van der Waals surface area contributed by atoms with E-state index in [1.54, 1.807) is 0 Å². The quantitative estimate of drug-likeness (QED) is 0.441. The molecule has 20 heavy (non-hydrogen) atoms. The Morgan fingerprint density at radius 3 is 2.35 bits per heavy atom. The number of ether oxygens (including phenoxy) is 1. The van der Waals surface area contributed by atoms with Crippen LogP contribution in [0.5, 0.6) is 0 Å². The number of para-hydroxylation sites is 1. The van der Waals surface area contributed by atoms with Crippen LogP contribution in [0, 0.1) is 0 Å². The van der Waals surface area contributed by atoms with Crippen LogP contribution in [0.2, 0.25) is 0 Å². The van der Waals surface area contributed by atoms with Gasteiger partial charge in [-0.15, -0.1) is 0 Å².